The third-order valence-corrected chi connectivity index (χ3v) is 8.14. The molecular formula is C6H9F5N6O2P2S2. The van der Waals surface area contributed by atoms with Crippen molar-refractivity contribution < 1.29 is 31.5 Å². The van der Waals surface area contributed by atoms with E-state index in [0.29, 0.717) is 0 Å². The van der Waals surface area contributed by atoms with Gasteiger partial charge in [0.2, 0.25) is 0 Å². The lowest BCUT2D eigenvalue weighted by Crippen LogP contribution is -2.24. The first-order valence-corrected chi connectivity index (χ1v) is 10.6. The van der Waals surface area contributed by atoms with Gasteiger partial charge in [-0.05, 0) is 12.1 Å². The number of para-hydroxylation sites is 1. The van der Waals surface area contributed by atoms with Crippen LogP contribution < -0.4 is 15.1 Å². The molecule has 4 N–H and O–H groups in total. The molecule has 0 heterocycles. The molecule has 0 aliphatic carbocycles. The van der Waals surface area contributed by atoms with Gasteiger partial charge >= 0.3 is 15.2 Å². The number of benzene rings is 1. The Bertz CT molecular complexity index is 596. The van der Waals surface area contributed by atoms with Crippen LogP contribution in [0, 0.1) is 0 Å². The van der Waals surface area contributed by atoms with Crippen molar-refractivity contribution in [3.05, 3.63) is 30.3 Å². The van der Waals surface area contributed by atoms with Gasteiger partial charge in [0, 0.05) is 15.3 Å². The number of halogens is 5. The summed E-state index contributed by atoms with van der Waals surface area (Å²) in [5.74, 6) is 0. The van der Waals surface area contributed by atoms with Gasteiger partial charge in [0.1, 0.15) is 10.2 Å². The summed E-state index contributed by atoms with van der Waals surface area (Å²) in [6, 6.07) is 6.14. The van der Waals surface area contributed by atoms with Crippen LogP contribution in [0.25, 0.3) is 0 Å². The fourth-order valence-electron chi connectivity index (χ4n) is 1.08. The Kier molecular flexibility index (Phi) is 7.32. The van der Waals surface area contributed by atoms with Crippen LogP contribution in [0.4, 0.5) is 28.1 Å². The summed E-state index contributed by atoms with van der Waals surface area (Å²) in [6.45, 7) is 0. The molecule has 0 amide bonds. The monoisotopic (exact) mass is 418 g/mol. The first-order chi connectivity index (χ1) is 10.5. The lowest BCUT2D eigenvalue weighted by Gasteiger charge is -2.30. The molecule has 0 saturated heterocycles. The quantitative estimate of drug-likeness (QED) is 0.210. The average Bonchev–Trinajstić information content (AvgIpc) is 2.46. The first kappa shape index (κ1) is 20.7. The van der Waals surface area contributed by atoms with E-state index in [1.54, 1.807) is 0 Å². The maximum Gasteiger partial charge on any atom is 0.433 e. The van der Waals surface area contributed by atoms with Gasteiger partial charge in [-0.2, -0.15) is 0 Å². The van der Waals surface area contributed by atoms with Gasteiger partial charge in [0.25, 0.3) is 0 Å². The van der Waals surface area contributed by atoms with Crippen LogP contribution in [0.2, 0.25) is 0 Å². The largest absolute Gasteiger partial charge is 0.433 e. The molecule has 0 aliphatic rings. The number of hydrogen-bond donors (Lipinski definition) is 2. The Morgan fingerprint density at radius 3 is 1.74 bits per heavy atom. The highest BCUT2D eigenvalue weighted by Gasteiger charge is 2.50. The van der Waals surface area contributed by atoms with E-state index < -0.39 is 29.7 Å². The minimum atomic E-state index is -5.89. The van der Waals surface area contributed by atoms with Gasteiger partial charge < -0.3 is 0 Å². The number of rotatable bonds is 8. The number of nitrogens with zero attached hydrogens (tertiary/aromatic N) is 4. The molecule has 1 aromatic rings. The third kappa shape index (κ3) is 5.05. The molecule has 0 bridgehead atoms. The summed E-state index contributed by atoms with van der Waals surface area (Å²) in [5, 5.41) is -4.42. The summed E-state index contributed by atoms with van der Waals surface area (Å²) in [4.78, 5) is 0. The number of anilines is 1. The van der Waals surface area contributed by atoms with Crippen molar-refractivity contribution in [1.82, 2.24) is 14.5 Å². The van der Waals surface area contributed by atoms with Crippen LogP contribution in [0.15, 0.2) is 30.3 Å². The molecule has 132 valence electrons. The normalized spacial score (nSPS) is 13.1. The summed E-state index contributed by atoms with van der Waals surface area (Å²) >= 11 is 0. The summed E-state index contributed by atoms with van der Waals surface area (Å²) in [7, 11) is -10.7. The number of nitrogens with two attached hydrogens (primary N) is 2. The zero-order valence-corrected chi connectivity index (χ0v) is 14.2. The van der Waals surface area contributed by atoms with Crippen LogP contribution in [0.1, 0.15) is 0 Å². The van der Waals surface area contributed by atoms with Crippen molar-refractivity contribution >= 4 is 42.8 Å². The molecule has 0 aromatic heterocycles. The Morgan fingerprint density at radius 2 is 1.35 bits per heavy atom. The second-order valence-electron chi connectivity index (χ2n) is 3.60. The van der Waals surface area contributed by atoms with Gasteiger partial charge in [-0.3, -0.25) is 20.1 Å². The van der Waals surface area contributed by atoms with Crippen molar-refractivity contribution in [3.8, 4) is 0 Å². The maximum absolute atomic E-state index is 13.3. The van der Waals surface area contributed by atoms with E-state index >= 15 is 0 Å². The zero-order chi connectivity index (χ0) is 17.8. The standard InChI is InChI=1S/C6H9F5N6O2P2S2/c7-15(8)21(19,16(9)10)14(6-4-2-1-3-5-6)22-23-17(11)20(12,13)18/h1-5H,(H4,12,13,18). The Labute approximate surface area is 134 Å². The van der Waals surface area contributed by atoms with E-state index in [9.17, 15) is 31.5 Å². The highest BCUT2D eigenvalue weighted by atomic mass is 33.1. The van der Waals surface area contributed by atoms with Crippen LogP contribution >= 0.6 is 37.1 Å². The third-order valence-electron chi connectivity index (χ3n) is 2.02. The predicted octanol–water partition coefficient (Wildman–Crippen LogP) is 4.17. The average molecular weight is 418 g/mol. The topological polar surface area (TPSA) is 99.1 Å². The Balaban J connectivity index is 3.18. The molecular weight excluding hydrogens is 409 g/mol. The van der Waals surface area contributed by atoms with Crippen molar-refractivity contribution in [3.63, 3.8) is 0 Å². The van der Waals surface area contributed by atoms with E-state index in [0.717, 1.165) is 12.1 Å². The molecule has 17 heteroatoms. The first-order valence-electron chi connectivity index (χ1n) is 5.19. The fourth-order valence-corrected chi connectivity index (χ4v) is 6.15. The smallest absolute Gasteiger partial charge is 0.268 e. The van der Waals surface area contributed by atoms with Crippen molar-refractivity contribution in [1.29, 1.82) is 0 Å². The summed E-state index contributed by atoms with van der Waals surface area (Å²) in [5.41, 5.74) is 9.19. The lowest BCUT2D eigenvalue weighted by molar-refractivity contribution is -0.120. The highest BCUT2D eigenvalue weighted by molar-refractivity contribution is 8.77. The second kappa shape index (κ2) is 8.14. The molecule has 23 heavy (non-hydrogen) atoms. The summed E-state index contributed by atoms with van der Waals surface area (Å²) < 4.78 is 86.8. The Hall–Kier alpha value is -0.370. The zero-order valence-electron chi connectivity index (χ0n) is 10.7. The minimum Gasteiger partial charge on any atom is -0.268 e. The van der Waals surface area contributed by atoms with Gasteiger partial charge in [-0.15, -0.1) is 4.48 Å². The van der Waals surface area contributed by atoms with Crippen molar-refractivity contribution in [2.75, 3.05) is 4.08 Å². The lowest BCUT2D eigenvalue weighted by atomic mass is 10.3. The fraction of sp³-hybridized carbons (Fsp3) is 0. The van der Waals surface area contributed by atoms with E-state index in [1.807, 2.05) is 0 Å². The molecule has 8 nitrogen and oxygen atoms in total. The molecule has 0 unspecified atom stereocenters. The second-order valence-corrected chi connectivity index (χ2v) is 9.75. The van der Waals surface area contributed by atoms with E-state index in [4.69, 9.17) is 11.0 Å². The molecule has 0 radical (unpaired) electrons. The Morgan fingerprint density at radius 1 is 0.870 bits per heavy atom. The molecule has 1 rings (SSSR count). The molecule has 0 aliphatic heterocycles. The molecule has 0 spiro atoms. The van der Waals surface area contributed by atoms with Crippen molar-refractivity contribution in [2.45, 2.75) is 0 Å². The SMILES string of the molecule is NP(N)(=O)N(F)SSN(c1ccccc1)P(=O)(N(F)F)N(F)F. The van der Waals surface area contributed by atoms with E-state index in [2.05, 4.69) is 0 Å². The number of hydrogen-bond acceptors (Lipinski definition) is 4. The molecule has 0 fully saturated rings. The predicted molar refractivity (Wildman–Crippen MR) is 78.7 cm³/mol. The van der Waals surface area contributed by atoms with Crippen molar-refractivity contribution in [2.24, 2.45) is 11.0 Å². The van der Waals surface area contributed by atoms with E-state index in [-0.39, 0.29) is 31.7 Å². The van der Waals surface area contributed by atoms with Gasteiger partial charge in [-0.1, -0.05) is 36.1 Å². The van der Waals surface area contributed by atoms with Gasteiger partial charge in [0.05, 0.1) is 16.7 Å². The molecule has 0 saturated carbocycles. The van der Waals surface area contributed by atoms with Crippen LogP contribution in [0.3, 0.4) is 0 Å². The van der Waals surface area contributed by atoms with Crippen LogP contribution in [0.5, 0.6) is 0 Å². The van der Waals surface area contributed by atoms with Crippen LogP contribution in [-0.2, 0) is 9.13 Å². The van der Waals surface area contributed by atoms with Gasteiger partial charge in [-0.25, -0.2) is 4.08 Å². The summed E-state index contributed by atoms with van der Waals surface area (Å²) in [6.07, 6.45) is 0. The van der Waals surface area contributed by atoms with E-state index in [1.165, 1.54) is 18.2 Å². The highest BCUT2D eigenvalue weighted by Crippen LogP contribution is 2.64. The molecule has 0 atom stereocenters. The van der Waals surface area contributed by atoms with Crippen LogP contribution in [-0.4, -0.2) is 14.5 Å². The minimum absolute atomic E-state index is 0.0556. The van der Waals surface area contributed by atoms with Gasteiger partial charge in [0.15, 0.2) is 0 Å². The maximum atomic E-state index is 13.3. The molecule has 1 aromatic carbocycles.